The highest BCUT2D eigenvalue weighted by atomic mass is 19.2. The quantitative estimate of drug-likeness (QED) is 0.777. The van der Waals surface area contributed by atoms with Crippen LogP contribution >= 0.6 is 0 Å². The van der Waals surface area contributed by atoms with E-state index in [2.05, 4.69) is 0 Å². The maximum Gasteiger partial charge on any atom is 0.497 e. The molecule has 2 heterocycles. The van der Waals surface area contributed by atoms with E-state index in [9.17, 15) is 13.6 Å². The second-order valence-electron chi connectivity index (χ2n) is 7.42. The molecule has 3 rings (SSSR count). The molecule has 0 saturated carbocycles. The fourth-order valence-electron chi connectivity index (χ4n) is 2.95. The molecule has 1 aromatic rings. The maximum absolute atomic E-state index is 14.6. The van der Waals surface area contributed by atoms with Gasteiger partial charge in [0.15, 0.2) is 11.6 Å². The zero-order valence-electron chi connectivity index (χ0n) is 14.5. The van der Waals surface area contributed by atoms with Crippen molar-refractivity contribution in [1.29, 1.82) is 0 Å². The number of hydrogen-bond donors (Lipinski definition) is 0. The van der Waals surface area contributed by atoms with Crippen molar-refractivity contribution >= 4 is 24.1 Å². The predicted molar refractivity (Wildman–Crippen MR) is 88.5 cm³/mol. The van der Waals surface area contributed by atoms with Crippen LogP contribution in [0.2, 0.25) is 0 Å². The molecular formula is C17H22BF2NO3. The Bertz CT molecular complexity index is 652. The van der Waals surface area contributed by atoms with Crippen molar-refractivity contribution in [1.82, 2.24) is 0 Å². The monoisotopic (exact) mass is 337 g/mol. The summed E-state index contributed by atoms with van der Waals surface area (Å²) < 4.78 is 40.8. The molecule has 2 aliphatic rings. The number of anilines is 1. The van der Waals surface area contributed by atoms with Gasteiger partial charge in [-0.25, -0.2) is 8.78 Å². The van der Waals surface area contributed by atoms with Gasteiger partial charge in [-0.15, -0.1) is 0 Å². The van der Waals surface area contributed by atoms with E-state index < -0.39 is 30.0 Å². The lowest BCUT2D eigenvalue weighted by Gasteiger charge is -2.32. The molecule has 4 nitrogen and oxygen atoms in total. The first-order chi connectivity index (χ1) is 11.1. The molecule has 0 spiro atoms. The molecule has 1 aromatic carbocycles. The lowest BCUT2D eigenvalue weighted by atomic mass is 9.78. The molecule has 0 atom stereocenters. The van der Waals surface area contributed by atoms with Crippen molar-refractivity contribution in [2.24, 2.45) is 0 Å². The molecule has 0 aliphatic carbocycles. The van der Waals surface area contributed by atoms with Crippen molar-refractivity contribution in [2.75, 3.05) is 18.0 Å². The number of nitrogens with zero attached hydrogens (tertiary/aromatic N) is 1. The third-order valence-electron chi connectivity index (χ3n) is 5.26. The van der Waals surface area contributed by atoms with E-state index in [-0.39, 0.29) is 16.9 Å². The molecule has 0 unspecified atom stereocenters. The van der Waals surface area contributed by atoms with Crippen LogP contribution < -0.4 is 10.4 Å². The Morgan fingerprint density at radius 3 is 2.08 bits per heavy atom. The van der Waals surface area contributed by atoms with E-state index >= 15 is 0 Å². The van der Waals surface area contributed by atoms with Gasteiger partial charge in [0.25, 0.3) is 0 Å². The van der Waals surface area contributed by atoms with E-state index in [0.717, 1.165) is 0 Å². The van der Waals surface area contributed by atoms with E-state index in [0.29, 0.717) is 25.9 Å². The van der Waals surface area contributed by atoms with Crippen LogP contribution in [0.1, 0.15) is 40.5 Å². The highest BCUT2D eigenvalue weighted by molar-refractivity contribution is 6.62. The Balaban J connectivity index is 1.87. The average molecular weight is 337 g/mol. The number of carbonyl (C=O) groups is 1. The van der Waals surface area contributed by atoms with E-state index in [1.165, 1.54) is 12.1 Å². The Kier molecular flexibility index (Phi) is 4.20. The molecular weight excluding hydrogens is 315 g/mol. The summed E-state index contributed by atoms with van der Waals surface area (Å²) in [5.41, 5.74) is -0.998. The Hall–Kier alpha value is -1.47. The first kappa shape index (κ1) is 17.4. The summed E-state index contributed by atoms with van der Waals surface area (Å²) in [4.78, 5) is 13.0. The number of ketones is 1. The minimum Gasteiger partial charge on any atom is -0.399 e. The van der Waals surface area contributed by atoms with E-state index in [1.807, 2.05) is 27.7 Å². The smallest absolute Gasteiger partial charge is 0.399 e. The number of piperidine rings is 1. The topological polar surface area (TPSA) is 38.8 Å². The van der Waals surface area contributed by atoms with Gasteiger partial charge in [0, 0.05) is 31.4 Å². The molecule has 2 fully saturated rings. The summed E-state index contributed by atoms with van der Waals surface area (Å²) in [6, 6.07) is 3.04. The average Bonchev–Trinajstić information content (AvgIpc) is 2.71. The van der Waals surface area contributed by atoms with Gasteiger partial charge in [-0.2, -0.15) is 0 Å². The number of benzene rings is 1. The molecule has 2 aliphatic heterocycles. The largest absolute Gasteiger partial charge is 0.497 e. The molecule has 2 saturated heterocycles. The van der Waals surface area contributed by atoms with Gasteiger partial charge in [0.1, 0.15) is 5.78 Å². The lowest BCUT2D eigenvalue weighted by Crippen LogP contribution is -2.41. The Morgan fingerprint density at radius 2 is 1.54 bits per heavy atom. The molecule has 0 aromatic heterocycles. The highest BCUT2D eigenvalue weighted by Gasteiger charge is 2.52. The van der Waals surface area contributed by atoms with Crippen LogP contribution in [0, 0.1) is 11.6 Å². The zero-order valence-corrected chi connectivity index (χ0v) is 14.5. The van der Waals surface area contributed by atoms with Crippen LogP contribution in [-0.2, 0) is 14.1 Å². The van der Waals surface area contributed by atoms with Crippen LogP contribution in [0.5, 0.6) is 0 Å². The zero-order chi connectivity index (χ0) is 17.7. The first-order valence-electron chi connectivity index (χ1n) is 8.22. The number of Topliss-reactive ketones (excluding diaryl/α,β-unsaturated/α-hetero) is 1. The van der Waals surface area contributed by atoms with Crippen LogP contribution in [0.3, 0.4) is 0 Å². The molecule has 0 amide bonds. The number of rotatable bonds is 2. The van der Waals surface area contributed by atoms with Gasteiger partial charge in [-0.05, 0) is 33.8 Å². The van der Waals surface area contributed by atoms with Crippen molar-refractivity contribution in [3.8, 4) is 0 Å². The fourth-order valence-corrected chi connectivity index (χ4v) is 2.95. The molecule has 0 N–H and O–H groups in total. The minimum atomic E-state index is -0.956. The Labute approximate surface area is 141 Å². The lowest BCUT2D eigenvalue weighted by molar-refractivity contribution is -0.119. The molecule has 0 bridgehead atoms. The third kappa shape index (κ3) is 2.84. The summed E-state index contributed by atoms with van der Waals surface area (Å²) in [5.74, 6) is -1.72. The van der Waals surface area contributed by atoms with Crippen molar-refractivity contribution < 1.29 is 22.9 Å². The fraction of sp³-hybridized carbons (Fsp3) is 0.588. The van der Waals surface area contributed by atoms with Gasteiger partial charge < -0.3 is 14.2 Å². The summed E-state index contributed by atoms with van der Waals surface area (Å²) in [7, 11) is -0.943. The first-order valence-corrected chi connectivity index (χ1v) is 8.22. The predicted octanol–water partition coefficient (Wildman–Crippen LogP) is 2.43. The maximum atomic E-state index is 14.6. The normalized spacial score (nSPS) is 23.0. The summed E-state index contributed by atoms with van der Waals surface area (Å²) in [6.45, 7) is 8.26. The van der Waals surface area contributed by atoms with E-state index in [4.69, 9.17) is 9.31 Å². The molecule has 0 radical (unpaired) electrons. The summed E-state index contributed by atoms with van der Waals surface area (Å²) >= 11 is 0. The summed E-state index contributed by atoms with van der Waals surface area (Å²) in [6.07, 6.45) is 0.722. The molecule has 7 heteroatoms. The summed E-state index contributed by atoms with van der Waals surface area (Å²) in [5, 5.41) is 0. The van der Waals surface area contributed by atoms with Gasteiger partial charge >= 0.3 is 7.12 Å². The number of hydrogen-bond acceptors (Lipinski definition) is 4. The van der Waals surface area contributed by atoms with Gasteiger partial charge in [-0.1, -0.05) is 6.07 Å². The standard InChI is InChI=1S/C17H22BF2NO3/c1-16(2)17(3,4)24-18(23-16)12-5-6-13(15(20)14(12)19)21-9-7-11(22)8-10-21/h5-6H,7-10H2,1-4H3. The van der Waals surface area contributed by atoms with Gasteiger partial charge in [0.2, 0.25) is 0 Å². The number of carbonyl (C=O) groups excluding carboxylic acids is 1. The Morgan fingerprint density at radius 1 is 1.00 bits per heavy atom. The SMILES string of the molecule is CC1(C)OB(c2ccc(N3CCC(=O)CC3)c(F)c2F)OC1(C)C. The minimum absolute atomic E-state index is 0.0583. The third-order valence-corrected chi connectivity index (χ3v) is 5.26. The van der Waals surface area contributed by atoms with Crippen LogP contribution in [0.25, 0.3) is 0 Å². The van der Waals surface area contributed by atoms with Crippen LogP contribution in [0.4, 0.5) is 14.5 Å². The van der Waals surface area contributed by atoms with Gasteiger partial charge in [-0.3, -0.25) is 4.79 Å². The van der Waals surface area contributed by atoms with Crippen LogP contribution in [0.15, 0.2) is 12.1 Å². The second-order valence-corrected chi connectivity index (χ2v) is 7.42. The number of halogens is 2. The van der Waals surface area contributed by atoms with E-state index in [1.54, 1.807) is 4.90 Å². The van der Waals surface area contributed by atoms with Crippen molar-refractivity contribution in [3.05, 3.63) is 23.8 Å². The molecule has 130 valence electrons. The second kappa shape index (κ2) is 5.81. The van der Waals surface area contributed by atoms with Crippen molar-refractivity contribution in [2.45, 2.75) is 51.7 Å². The van der Waals surface area contributed by atoms with Crippen molar-refractivity contribution in [3.63, 3.8) is 0 Å². The van der Waals surface area contributed by atoms with Gasteiger partial charge in [0.05, 0.1) is 16.9 Å². The van der Waals surface area contributed by atoms with Crippen LogP contribution in [-0.4, -0.2) is 37.2 Å². The highest BCUT2D eigenvalue weighted by Crippen LogP contribution is 2.37. The molecule has 24 heavy (non-hydrogen) atoms.